The van der Waals surface area contributed by atoms with E-state index in [-0.39, 0.29) is 5.41 Å². The molecule has 50 heavy (non-hydrogen) atoms. The van der Waals surface area contributed by atoms with E-state index in [2.05, 4.69) is 204 Å². The van der Waals surface area contributed by atoms with Gasteiger partial charge in [0.25, 0.3) is 0 Å². The second-order valence-electron chi connectivity index (χ2n) is 13.8. The van der Waals surface area contributed by atoms with E-state index in [0.717, 1.165) is 28.4 Å². The molecule has 0 spiro atoms. The van der Waals surface area contributed by atoms with Gasteiger partial charge in [-0.25, -0.2) is 0 Å². The van der Waals surface area contributed by atoms with Crippen LogP contribution in [0.3, 0.4) is 0 Å². The molecule has 0 unspecified atom stereocenters. The Hall–Kier alpha value is -6.32. The Labute approximate surface area is 291 Å². The van der Waals surface area contributed by atoms with Crippen LogP contribution >= 0.6 is 0 Å². The number of hydrogen-bond acceptors (Lipinski definition) is 1. The number of aromatic nitrogens is 2. The van der Waals surface area contributed by atoms with Crippen LogP contribution in [0.1, 0.15) is 25.0 Å². The van der Waals surface area contributed by atoms with Gasteiger partial charge < -0.3 is 4.90 Å². The largest absolute Gasteiger partial charge is 0.307 e. The van der Waals surface area contributed by atoms with Crippen LogP contribution in [-0.4, -0.2) is 8.97 Å². The van der Waals surface area contributed by atoms with E-state index < -0.39 is 0 Å². The lowest BCUT2D eigenvalue weighted by molar-refractivity contribution is 0.660. The first-order valence-electron chi connectivity index (χ1n) is 17.4. The summed E-state index contributed by atoms with van der Waals surface area (Å²) in [4.78, 5) is 2.49. The summed E-state index contributed by atoms with van der Waals surface area (Å²) >= 11 is 0. The monoisotopic (exact) mass is 641 g/mol. The van der Waals surface area contributed by atoms with Crippen molar-refractivity contribution in [3.05, 3.63) is 187 Å². The second kappa shape index (κ2) is 10.8. The second-order valence-corrected chi connectivity index (χ2v) is 13.8. The molecule has 1 aliphatic rings. The lowest BCUT2D eigenvalue weighted by Gasteiger charge is -2.28. The van der Waals surface area contributed by atoms with Gasteiger partial charge in [-0.2, -0.15) is 0 Å². The van der Waals surface area contributed by atoms with Gasteiger partial charge in [0.1, 0.15) is 5.65 Å². The topological polar surface area (TPSA) is 12.6 Å². The first kappa shape index (κ1) is 28.7. The Morgan fingerprint density at radius 2 is 1.04 bits per heavy atom. The summed E-state index contributed by atoms with van der Waals surface area (Å²) in [5.41, 5.74) is 16.9. The minimum absolute atomic E-state index is 0.123. The van der Waals surface area contributed by atoms with Crippen molar-refractivity contribution in [3.8, 4) is 27.9 Å². The molecule has 3 nitrogen and oxygen atoms in total. The number of rotatable bonds is 5. The summed E-state index contributed by atoms with van der Waals surface area (Å²) in [6.07, 6.45) is 0. The van der Waals surface area contributed by atoms with Crippen molar-refractivity contribution in [2.75, 3.05) is 4.90 Å². The Morgan fingerprint density at radius 1 is 0.460 bits per heavy atom. The van der Waals surface area contributed by atoms with Gasteiger partial charge in [0.15, 0.2) is 0 Å². The van der Waals surface area contributed by atoms with Gasteiger partial charge in [0, 0.05) is 27.9 Å². The third-order valence-corrected chi connectivity index (χ3v) is 10.7. The first-order chi connectivity index (χ1) is 24.6. The molecule has 0 radical (unpaired) electrons. The summed E-state index contributed by atoms with van der Waals surface area (Å²) in [6, 6.07) is 64.1. The third kappa shape index (κ3) is 4.10. The highest BCUT2D eigenvalue weighted by Gasteiger charge is 2.36. The van der Waals surface area contributed by atoms with E-state index >= 15 is 0 Å². The van der Waals surface area contributed by atoms with Gasteiger partial charge in [-0.15, -0.1) is 0 Å². The number of para-hydroxylation sites is 4. The normalized spacial score (nSPS) is 13.2. The molecule has 2 aromatic heterocycles. The van der Waals surface area contributed by atoms with Gasteiger partial charge in [0.05, 0.1) is 22.2 Å². The van der Waals surface area contributed by atoms with Crippen LogP contribution in [0.15, 0.2) is 176 Å². The summed E-state index contributed by atoms with van der Waals surface area (Å²) in [5.74, 6) is 0. The molecule has 238 valence electrons. The average Bonchev–Trinajstić information content (AvgIpc) is 3.76. The van der Waals surface area contributed by atoms with Crippen LogP contribution in [0.2, 0.25) is 0 Å². The van der Waals surface area contributed by atoms with E-state index in [4.69, 9.17) is 0 Å². The van der Waals surface area contributed by atoms with E-state index in [1.807, 2.05) is 0 Å². The maximum absolute atomic E-state index is 2.49. The molecule has 0 fully saturated rings. The molecule has 7 aromatic carbocycles. The van der Waals surface area contributed by atoms with Gasteiger partial charge in [0.2, 0.25) is 0 Å². The minimum atomic E-state index is -0.123. The number of fused-ring (bicyclic) bond motifs is 8. The Morgan fingerprint density at radius 3 is 1.82 bits per heavy atom. The molecule has 2 heterocycles. The molecule has 0 bridgehead atoms. The number of benzene rings is 7. The van der Waals surface area contributed by atoms with E-state index in [1.165, 1.54) is 55.3 Å². The highest BCUT2D eigenvalue weighted by molar-refractivity contribution is 6.11. The Bertz CT molecular complexity index is 2710. The van der Waals surface area contributed by atoms with Crippen LogP contribution < -0.4 is 4.90 Å². The zero-order valence-electron chi connectivity index (χ0n) is 28.1. The maximum Gasteiger partial charge on any atom is 0.148 e. The molecule has 0 amide bonds. The predicted molar refractivity (Wildman–Crippen MR) is 209 cm³/mol. The number of nitrogens with zero attached hydrogens (tertiary/aromatic N) is 3. The fourth-order valence-electron chi connectivity index (χ4n) is 8.35. The van der Waals surface area contributed by atoms with Gasteiger partial charge in [-0.05, 0) is 88.0 Å². The highest BCUT2D eigenvalue weighted by atomic mass is 15.2. The summed E-state index contributed by atoms with van der Waals surface area (Å²) < 4.78 is 4.88. The van der Waals surface area contributed by atoms with Crippen LogP contribution in [0, 0.1) is 0 Å². The van der Waals surface area contributed by atoms with Crippen molar-refractivity contribution in [1.82, 2.24) is 8.97 Å². The van der Waals surface area contributed by atoms with Crippen molar-refractivity contribution < 1.29 is 0 Å². The first-order valence-corrected chi connectivity index (χ1v) is 17.4. The Balaban J connectivity index is 1.31. The van der Waals surface area contributed by atoms with Gasteiger partial charge in [-0.3, -0.25) is 8.97 Å². The van der Waals surface area contributed by atoms with E-state index in [0.29, 0.717) is 0 Å². The summed E-state index contributed by atoms with van der Waals surface area (Å²) in [6.45, 7) is 4.72. The molecule has 0 atom stereocenters. The van der Waals surface area contributed by atoms with Gasteiger partial charge in [-0.1, -0.05) is 135 Å². The molecule has 10 rings (SSSR count). The zero-order valence-corrected chi connectivity index (χ0v) is 28.1. The molecular formula is C47H35N3. The average molecular weight is 642 g/mol. The van der Waals surface area contributed by atoms with E-state index in [9.17, 15) is 0 Å². The quantitative estimate of drug-likeness (QED) is 0.182. The van der Waals surface area contributed by atoms with Crippen molar-refractivity contribution >= 4 is 44.6 Å². The van der Waals surface area contributed by atoms with Crippen molar-refractivity contribution in [1.29, 1.82) is 0 Å². The Kier molecular flexibility index (Phi) is 6.22. The van der Waals surface area contributed by atoms with Crippen molar-refractivity contribution in [2.24, 2.45) is 0 Å². The fourth-order valence-corrected chi connectivity index (χ4v) is 8.35. The number of anilines is 3. The van der Waals surface area contributed by atoms with Crippen LogP contribution in [0.25, 0.3) is 55.5 Å². The molecule has 9 aromatic rings. The zero-order chi connectivity index (χ0) is 33.4. The highest BCUT2D eigenvalue weighted by Crippen LogP contribution is 2.52. The lowest BCUT2D eigenvalue weighted by Crippen LogP contribution is -2.16. The molecule has 0 saturated carbocycles. The van der Waals surface area contributed by atoms with Gasteiger partial charge >= 0.3 is 0 Å². The standard InChI is InChI=1S/C47H35N3/c1-47(2)40-21-11-9-19-37(40)38-30-29-36(31-41(38)47)48(35-27-25-33(26-28-35)32-15-5-3-6-16-32)45-39-20-10-12-22-42(39)50-44-24-14-13-23-43(44)49(46(45)50)34-17-7-4-8-18-34/h3-31H,1-2H3. The van der Waals surface area contributed by atoms with Crippen molar-refractivity contribution in [2.45, 2.75) is 19.3 Å². The predicted octanol–water partition coefficient (Wildman–Crippen LogP) is 12.5. The summed E-state index contributed by atoms with van der Waals surface area (Å²) in [7, 11) is 0. The summed E-state index contributed by atoms with van der Waals surface area (Å²) in [5, 5.41) is 1.20. The minimum Gasteiger partial charge on any atom is -0.307 e. The molecule has 3 heteroatoms. The molecular weight excluding hydrogens is 607 g/mol. The molecule has 0 saturated heterocycles. The molecule has 0 aliphatic heterocycles. The van der Waals surface area contributed by atoms with Crippen LogP contribution in [0.5, 0.6) is 0 Å². The maximum atomic E-state index is 2.49. The van der Waals surface area contributed by atoms with E-state index in [1.54, 1.807) is 0 Å². The molecule has 1 aliphatic carbocycles. The smallest absolute Gasteiger partial charge is 0.148 e. The lowest BCUT2D eigenvalue weighted by atomic mass is 9.82. The van der Waals surface area contributed by atoms with Crippen LogP contribution in [-0.2, 0) is 5.41 Å². The third-order valence-electron chi connectivity index (χ3n) is 10.7. The van der Waals surface area contributed by atoms with Crippen molar-refractivity contribution in [3.63, 3.8) is 0 Å². The number of hydrogen-bond donors (Lipinski definition) is 0. The van der Waals surface area contributed by atoms with Crippen LogP contribution in [0.4, 0.5) is 17.1 Å². The number of imidazole rings is 1. The SMILES string of the molecule is CC1(C)c2ccccc2-c2ccc(N(c3ccc(-c4ccccc4)cc3)c3c4ccccc4n4c5ccccc5n(-c5ccccc5)c34)cc21. The fraction of sp³-hybridized carbons (Fsp3) is 0.0638. The molecule has 0 N–H and O–H groups in total.